The number of hydrogen-bond donors (Lipinski definition) is 0. The smallest absolute Gasteiger partial charge is 0.321 e. The summed E-state index contributed by atoms with van der Waals surface area (Å²) in [4.78, 5) is 7.97. The van der Waals surface area contributed by atoms with Gasteiger partial charge in [0.2, 0.25) is 0 Å². The van der Waals surface area contributed by atoms with Crippen LogP contribution in [0, 0.1) is 0 Å². The van der Waals surface area contributed by atoms with Crippen LogP contribution in [0.25, 0.3) is 11.3 Å². The molecule has 0 unspecified atom stereocenters. The Labute approximate surface area is 130 Å². The number of rotatable bonds is 5. The normalized spacial score (nSPS) is 10.6. The van der Waals surface area contributed by atoms with Crippen LogP contribution in [0.2, 0.25) is 5.02 Å². The molecule has 0 aliphatic carbocycles. The van der Waals surface area contributed by atoms with Crippen molar-refractivity contribution in [2.45, 2.75) is 6.42 Å². The van der Waals surface area contributed by atoms with Gasteiger partial charge >= 0.3 is 6.01 Å². The SMILES string of the molecule is FCCc1cc(-c2ccccc2Oc2ncc(Cl)cn2)no1. The quantitative estimate of drug-likeness (QED) is 0.709. The number of benzene rings is 1. The Kier molecular flexibility index (Phi) is 4.29. The van der Waals surface area contributed by atoms with Crippen molar-refractivity contribution in [2.24, 2.45) is 0 Å². The molecule has 0 spiro atoms. The Balaban J connectivity index is 1.90. The molecule has 0 atom stereocenters. The van der Waals surface area contributed by atoms with Crippen LogP contribution in [0.1, 0.15) is 5.76 Å². The molecule has 5 nitrogen and oxygen atoms in total. The lowest BCUT2D eigenvalue weighted by molar-refractivity contribution is 0.365. The Hall–Kier alpha value is -2.47. The fraction of sp³-hybridized carbons (Fsp3) is 0.133. The fourth-order valence-corrected chi connectivity index (χ4v) is 1.97. The summed E-state index contributed by atoms with van der Waals surface area (Å²) in [5.41, 5.74) is 1.27. The molecule has 112 valence electrons. The predicted molar refractivity (Wildman–Crippen MR) is 78.7 cm³/mol. The number of aromatic nitrogens is 3. The van der Waals surface area contributed by atoms with Crippen LogP contribution < -0.4 is 4.74 Å². The average Bonchev–Trinajstić information content (AvgIpc) is 2.99. The van der Waals surface area contributed by atoms with E-state index < -0.39 is 6.67 Å². The second-order valence-corrected chi connectivity index (χ2v) is 4.84. The first-order valence-electron chi connectivity index (χ1n) is 6.52. The van der Waals surface area contributed by atoms with Crippen molar-refractivity contribution >= 4 is 11.6 Å². The van der Waals surface area contributed by atoms with E-state index in [9.17, 15) is 4.39 Å². The molecule has 7 heteroatoms. The molecule has 0 saturated carbocycles. The number of nitrogens with zero attached hydrogens (tertiary/aromatic N) is 3. The average molecular weight is 320 g/mol. The highest BCUT2D eigenvalue weighted by Gasteiger charge is 2.13. The lowest BCUT2D eigenvalue weighted by Crippen LogP contribution is -1.93. The molecule has 0 aliphatic heterocycles. The molecular weight excluding hydrogens is 309 g/mol. The van der Waals surface area contributed by atoms with E-state index in [0.717, 1.165) is 0 Å². The van der Waals surface area contributed by atoms with Gasteiger partial charge in [-0.3, -0.25) is 4.39 Å². The maximum Gasteiger partial charge on any atom is 0.321 e. The summed E-state index contributed by atoms with van der Waals surface area (Å²) in [6.45, 7) is -0.495. The zero-order valence-electron chi connectivity index (χ0n) is 11.4. The summed E-state index contributed by atoms with van der Waals surface area (Å²) in [6.07, 6.45) is 3.08. The van der Waals surface area contributed by atoms with E-state index in [4.69, 9.17) is 20.9 Å². The van der Waals surface area contributed by atoms with E-state index in [-0.39, 0.29) is 12.4 Å². The van der Waals surface area contributed by atoms with Crippen LogP contribution >= 0.6 is 11.6 Å². The predicted octanol–water partition coefficient (Wildman–Crippen LogP) is 4.09. The summed E-state index contributed by atoms with van der Waals surface area (Å²) in [5.74, 6) is 1.000. The lowest BCUT2D eigenvalue weighted by atomic mass is 10.1. The lowest BCUT2D eigenvalue weighted by Gasteiger charge is -2.07. The molecule has 22 heavy (non-hydrogen) atoms. The first kappa shape index (κ1) is 14.5. The molecule has 2 aromatic heterocycles. The van der Waals surface area contributed by atoms with Crippen LogP contribution in [0.15, 0.2) is 47.2 Å². The van der Waals surface area contributed by atoms with Gasteiger partial charge in [-0.1, -0.05) is 28.9 Å². The summed E-state index contributed by atoms with van der Waals surface area (Å²) >= 11 is 5.74. The number of halogens is 2. The van der Waals surface area contributed by atoms with E-state index in [1.807, 2.05) is 18.2 Å². The number of para-hydroxylation sites is 1. The van der Waals surface area contributed by atoms with Gasteiger partial charge in [0.15, 0.2) is 0 Å². The Bertz CT molecular complexity index is 761. The van der Waals surface area contributed by atoms with E-state index in [0.29, 0.717) is 27.8 Å². The summed E-state index contributed by atoms with van der Waals surface area (Å²) in [5, 5.41) is 4.36. The van der Waals surface area contributed by atoms with Gasteiger partial charge in [0.05, 0.1) is 24.1 Å². The molecule has 3 aromatic rings. The molecule has 3 rings (SSSR count). The highest BCUT2D eigenvalue weighted by Crippen LogP contribution is 2.31. The molecule has 2 heterocycles. The van der Waals surface area contributed by atoms with E-state index in [1.54, 1.807) is 12.1 Å². The van der Waals surface area contributed by atoms with Crippen molar-refractivity contribution in [3.05, 3.63) is 53.5 Å². The standard InChI is InChI=1S/C15H11ClFN3O2/c16-10-8-18-15(19-9-10)21-14-4-2-1-3-12(14)13-7-11(5-6-17)22-20-13/h1-4,7-9H,5-6H2. The summed E-state index contributed by atoms with van der Waals surface area (Å²) < 4.78 is 23.1. The van der Waals surface area contributed by atoms with Crippen molar-refractivity contribution in [2.75, 3.05) is 6.67 Å². The first-order chi connectivity index (χ1) is 10.8. The van der Waals surface area contributed by atoms with Crippen molar-refractivity contribution < 1.29 is 13.7 Å². The zero-order valence-corrected chi connectivity index (χ0v) is 12.1. The second kappa shape index (κ2) is 6.53. The van der Waals surface area contributed by atoms with Crippen molar-refractivity contribution in [3.63, 3.8) is 0 Å². The Morgan fingerprint density at radius 2 is 1.95 bits per heavy atom. The van der Waals surface area contributed by atoms with Gasteiger partial charge in [-0.05, 0) is 12.1 Å². The Morgan fingerprint density at radius 1 is 1.18 bits per heavy atom. The monoisotopic (exact) mass is 319 g/mol. The van der Waals surface area contributed by atoms with Gasteiger partial charge in [-0.2, -0.15) is 0 Å². The minimum Gasteiger partial charge on any atom is -0.424 e. The van der Waals surface area contributed by atoms with Crippen LogP contribution in [0.5, 0.6) is 11.8 Å². The van der Waals surface area contributed by atoms with E-state index in [1.165, 1.54) is 12.4 Å². The van der Waals surface area contributed by atoms with Crippen molar-refractivity contribution in [1.82, 2.24) is 15.1 Å². The van der Waals surface area contributed by atoms with Crippen molar-refractivity contribution in [1.29, 1.82) is 0 Å². The molecule has 0 aliphatic rings. The maximum atomic E-state index is 12.4. The number of alkyl halides is 1. The molecule has 1 aromatic carbocycles. The minimum absolute atomic E-state index is 0.171. The topological polar surface area (TPSA) is 61.0 Å². The molecule has 0 N–H and O–H groups in total. The number of hydrogen-bond acceptors (Lipinski definition) is 5. The molecule has 0 bridgehead atoms. The molecule has 0 fully saturated rings. The third-order valence-electron chi connectivity index (χ3n) is 2.86. The number of ether oxygens (including phenoxy) is 1. The van der Waals surface area contributed by atoms with Crippen LogP contribution in [-0.4, -0.2) is 21.8 Å². The minimum atomic E-state index is -0.495. The second-order valence-electron chi connectivity index (χ2n) is 4.40. The summed E-state index contributed by atoms with van der Waals surface area (Å²) in [7, 11) is 0. The van der Waals surface area contributed by atoms with Gasteiger partial charge in [-0.25, -0.2) is 9.97 Å². The highest BCUT2D eigenvalue weighted by atomic mass is 35.5. The van der Waals surface area contributed by atoms with Crippen LogP contribution in [0.3, 0.4) is 0 Å². The van der Waals surface area contributed by atoms with E-state index in [2.05, 4.69) is 15.1 Å². The molecular formula is C15H11ClFN3O2. The third kappa shape index (κ3) is 3.23. The molecule has 0 radical (unpaired) electrons. The third-order valence-corrected chi connectivity index (χ3v) is 3.06. The Morgan fingerprint density at radius 3 is 2.73 bits per heavy atom. The van der Waals surface area contributed by atoms with Crippen LogP contribution in [0.4, 0.5) is 4.39 Å². The van der Waals surface area contributed by atoms with Gasteiger partial charge in [0.1, 0.15) is 17.2 Å². The van der Waals surface area contributed by atoms with Crippen molar-refractivity contribution in [3.8, 4) is 23.0 Å². The maximum absolute atomic E-state index is 12.4. The van der Waals surface area contributed by atoms with Crippen LogP contribution in [-0.2, 0) is 6.42 Å². The largest absolute Gasteiger partial charge is 0.424 e. The van der Waals surface area contributed by atoms with Gasteiger partial charge in [0.25, 0.3) is 0 Å². The zero-order chi connectivity index (χ0) is 15.4. The first-order valence-corrected chi connectivity index (χ1v) is 6.90. The van der Waals surface area contributed by atoms with E-state index >= 15 is 0 Å². The summed E-state index contributed by atoms with van der Waals surface area (Å²) in [6, 6.07) is 9.10. The number of aryl methyl sites for hydroxylation is 1. The molecule has 0 saturated heterocycles. The van der Waals surface area contributed by atoms with Gasteiger partial charge in [0, 0.05) is 18.1 Å². The molecule has 0 amide bonds. The highest BCUT2D eigenvalue weighted by molar-refractivity contribution is 6.30. The van der Waals surface area contributed by atoms with Gasteiger partial charge < -0.3 is 9.26 Å². The fourth-order valence-electron chi connectivity index (χ4n) is 1.87. The van der Waals surface area contributed by atoms with Gasteiger partial charge in [-0.15, -0.1) is 0 Å².